The second kappa shape index (κ2) is 10.5. The number of benzene rings is 1. The van der Waals surface area contributed by atoms with Gasteiger partial charge in [0, 0.05) is 18.0 Å². The highest BCUT2D eigenvalue weighted by molar-refractivity contribution is 5.90. The van der Waals surface area contributed by atoms with Crippen LogP contribution in [0.15, 0.2) is 60.9 Å². The van der Waals surface area contributed by atoms with Gasteiger partial charge in [-0.05, 0) is 49.4 Å². The first kappa shape index (κ1) is 21.4. The molecule has 1 aliphatic carbocycles. The number of carbonyl (C=O) groups is 2. The molecule has 6 nitrogen and oxygen atoms in total. The first-order chi connectivity index (χ1) is 13.4. The molecule has 1 aliphatic rings. The van der Waals surface area contributed by atoms with Gasteiger partial charge in [-0.1, -0.05) is 26.5 Å². The van der Waals surface area contributed by atoms with E-state index in [2.05, 4.69) is 18.8 Å². The van der Waals surface area contributed by atoms with Crippen molar-refractivity contribution >= 4 is 11.9 Å². The first-order valence-electron chi connectivity index (χ1n) is 9.24. The number of carbonyl (C=O) groups excluding carboxylic acids is 2. The fourth-order valence-electron chi connectivity index (χ4n) is 2.64. The Morgan fingerprint density at radius 3 is 2.57 bits per heavy atom. The van der Waals surface area contributed by atoms with Crippen LogP contribution in [0.1, 0.15) is 24.2 Å². The number of ether oxygens (including phenoxy) is 3. The Morgan fingerprint density at radius 2 is 1.96 bits per heavy atom. The summed E-state index contributed by atoms with van der Waals surface area (Å²) in [7, 11) is 1.90. The van der Waals surface area contributed by atoms with Gasteiger partial charge in [-0.15, -0.1) is 0 Å². The van der Waals surface area contributed by atoms with Gasteiger partial charge in [-0.3, -0.25) is 0 Å². The lowest BCUT2D eigenvalue weighted by Crippen LogP contribution is -2.30. The van der Waals surface area contributed by atoms with Crippen molar-refractivity contribution < 1.29 is 23.8 Å². The zero-order valence-electron chi connectivity index (χ0n) is 16.5. The average Bonchev–Trinajstić information content (AvgIpc) is 2.70. The minimum atomic E-state index is -0.450. The lowest BCUT2D eigenvalue weighted by molar-refractivity contribution is -0.139. The summed E-state index contributed by atoms with van der Waals surface area (Å²) >= 11 is 0. The Balaban J connectivity index is 1.83. The van der Waals surface area contributed by atoms with E-state index in [0.29, 0.717) is 23.7 Å². The Bertz CT molecular complexity index is 751. The molecule has 0 aliphatic heterocycles. The van der Waals surface area contributed by atoms with E-state index in [0.717, 1.165) is 6.08 Å². The average molecular weight is 385 g/mol. The SMILES string of the molecule is C=CC(=O)OCC(C)COc1ccc(C(=O)OC2=CC(C)C(NC)C=C2)cc1. The van der Waals surface area contributed by atoms with Crippen LogP contribution in [-0.2, 0) is 14.3 Å². The van der Waals surface area contributed by atoms with Crippen molar-refractivity contribution in [2.24, 2.45) is 11.8 Å². The predicted molar refractivity (Wildman–Crippen MR) is 107 cm³/mol. The molecule has 0 spiro atoms. The lowest BCUT2D eigenvalue weighted by Gasteiger charge is -2.21. The highest BCUT2D eigenvalue weighted by atomic mass is 16.5. The van der Waals surface area contributed by atoms with Crippen molar-refractivity contribution in [3.05, 3.63) is 66.5 Å². The van der Waals surface area contributed by atoms with Gasteiger partial charge in [-0.2, -0.15) is 0 Å². The van der Waals surface area contributed by atoms with Gasteiger partial charge < -0.3 is 19.5 Å². The topological polar surface area (TPSA) is 73.9 Å². The van der Waals surface area contributed by atoms with E-state index < -0.39 is 11.9 Å². The molecule has 6 heteroatoms. The van der Waals surface area contributed by atoms with Crippen LogP contribution < -0.4 is 10.1 Å². The van der Waals surface area contributed by atoms with Crippen molar-refractivity contribution in [3.8, 4) is 5.75 Å². The third kappa shape index (κ3) is 6.39. The summed E-state index contributed by atoms with van der Waals surface area (Å²) in [5.41, 5.74) is 0.443. The number of likely N-dealkylation sites (N-methyl/N-ethyl adjacent to an activating group) is 1. The molecular weight excluding hydrogens is 358 g/mol. The van der Waals surface area contributed by atoms with Crippen molar-refractivity contribution in [1.82, 2.24) is 5.32 Å². The molecule has 0 fully saturated rings. The molecule has 2 rings (SSSR count). The van der Waals surface area contributed by atoms with Crippen LogP contribution in [0.2, 0.25) is 0 Å². The summed E-state index contributed by atoms with van der Waals surface area (Å²) < 4.78 is 16.1. The number of nitrogens with one attached hydrogen (secondary N) is 1. The zero-order chi connectivity index (χ0) is 20.5. The minimum absolute atomic E-state index is 0.0296. The molecule has 0 heterocycles. The molecular formula is C22H27NO5. The second-order valence-corrected chi connectivity index (χ2v) is 6.77. The van der Waals surface area contributed by atoms with Gasteiger partial charge >= 0.3 is 11.9 Å². The molecule has 0 saturated carbocycles. The van der Waals surface area contributed by atoms with Crippen LogP contribution in [-0.4, -0.2) is 38.2 Å². The number of hydrogen-bond donors (Lipinski definition) is 1. The van der Waals surface area contributed by atoms with Gasteiger partial charge in [0.25, 0.3) is 0 Å². The van der Waals surface area contributed by atoms with Gasteiger partial charge in [0.15, 0.2) is 0 Å². The Kier molecular flexibility index (Phi) is 8.02. The number of rotatable bonds is 9. The van der Waals surface area contributed by atoms with E-state index in [-0.39, 0.29) is 24.5 Å². The maximum absolute atomic E-state index is 12.3. The highest BCUT2D eigenvalue weighted by Gasteiger charge is 2.18. The Labute approximate surface area is 165 Å². The van der Waals surface area contributed by atoms with Gasteiger partial charge in [0.1, 0.15) is 11.5 Å². The fraction of sp³-hybridized carbons (Fsp3) is 0.364. The van der Waals surface area contributed by atoms with E-state index in [1.54, 1.807) is 30.3 Å². The minimum Gasteiger partial charge on any atom is -0.493 e. The van der Waals surface area contributed by atoms with E-state index in [1.165, 1.54) is 0 Å². The molecule has 3 atom stereocenters. The summed E-state index contributed by atoms with van der Waals surface area (Å²) in [6.07, 6.45) is 6.84. The van der Waals surface area contributed by atoms with Crippen LogP contribution in [0, 0.1) is 11.8 Å². The van der Waals surface area contributed by atoms with Crippen molar-refractivity contribution in [1.29, 1.82) is 0 Å². The smallest absolute Gasteiger partial charge is 0.343 e. The molecule has 1 aromatic rings. The maximum atomic E-state index is 12.3. The first-order valence-corrected chi connectivity index (χ1v) is 9.24. The molecule has 3 unspecified atom stereocenters. The number of hydrogen-bond acceptors (Lipinski definition) is 6. The molecule has 28 heavy (non-hydrogen) atoms. The van der Waals surface area contributed by atoms with Crippen molar-refractivity contribution in [2.45, 2.75) is 19.9 Å². The van der Waals surface area contributed by atoms with Gasteiger partial charge in [0.2, 0.25) is 0 Å². The van der Waals surface area contributed by atoms with Crippen LogP contribution in [0.5, 0.6) is 5.75 Å². The van der Waals surface area contributed by atoms with Gasteiger partial charge in [-0.25, -0.2) is 9.59 Å². The third-order valence-electron chi connectivity index (χ3n) is 4.31. The molecule has 0 bridgehead atoms. The molecule has 0 amide bonds. The van der Waals surface area contributed by atoms with Crippen molar-refractivity contribution in [3.63, 3.8) is 0 Å². The molecule has 1 N–H and O–H groups in total. The number of allylic oxidation sites excluding steroid dienone is 1. The van der Waals surface area contributed by atoms with E-state index in [1.807, 2.05) is 26.1 Å². The predicted octanol–water partition coefficient (Wildman–Crippen LogP) is 3.27. The lowest BCUT2D eigenvalue weighted by atomic mass is 9.96. The van der Waals surface area contributed by atoms with Crippen LogP contribution in [0.3, 0.4) is 0 Å². The fourth-order valence-corrected chi connectivity index (χ4v) is 2.64. The van der Waals surface area contributed by atoms with Crippen molar-refractivity contribution in [2.75, 3.05) is 20.3 Å². The summed E-state index contributed by atoms with van der Waals surface area (Å²) in [5, 5.41) is 3.19. The Morgan fingerprint density at radius 1 is 1.25 bits per heavy atom. The molecule has 1 aromatic carbocycles. The van der Waals surface area contributed by atoms with Crippen LogP contribution >= 0.6 is 0 Å². The summed E-state index contributed by atoms with van der Waals surface area (Å²) in [4.78, 5) is 23.4. The van der Waals surface area contributed by atoms with Gasteiger partial charge in [0.05, 0.1) is 18.8 Å². The standard InChI is InChI=1S/C22H27NO5/c1-5-21(24)27-14-15(2)13-26-18-8-6-17(7-9-18)22(25)28-19-10-11-20(23-4)16(3)12-19/h5-12,15-16,20,23H,1,13-14H2,2-4H3. The second-order valence-electron chi connectivity index (χ2n) is 6.77. The summed E-state index contributed by atoms with van der Waals surface area (Å²) in [6.45, 7) is 7.96. The monoisotopic (exact) mass is 385 g/mol. The molecule has 0 saturated heterocycles. The Hall–Kier alpha value is -2.86. The molecule has 0 radical (unpaired) electrons. The van der Waals surface area contributed by atoms with Crippen LogP contribution in [0.4, 0.5) is 0 Å². The molecule has 150 valence electrons. The van der Waals surface area contributed by atoms with E-state index >= 15 is 0 Å². The largest absolute Gasteiger partial charge is 0.493 e. The van der Waals surface area contributed by atoms with Crippen LogP contribution in [0.25, 0.3) is 0 Å². The maximum Gasteiger partial charge on any atom is 0.343 e. The third-order valence-corrected chi connectivity index (χ3v) is 4.31. The van der Waals surface area contributed by atoms with E-state index in [9.17, 15) is 9.59 Å². The zero-order valence-corrected chi connectivity index (χ0v) is 16.5. The van der Waals surface area contributed by atoms with E-state index in [4.69, 9.17) is 14.2 Å². The quantitative estimate of drug-likeness (QED) is 0.520. The summed E-state index contributed by atoms with van der Waals surface area (Å²) in [5.74, 6) is 0.576. The number of esters is 2. The molecule has 0 aromatic heterocycles. The summed E-state index contributed by atoms with van der Waals surface area (Å²) in [6, 6.07) is 6.98. The highest BCUT2D eigenvalue weighted by Crippen LogP contribution is 2.20. The normalized spacial score (nSPS) is 19.3.